The first-order valence-corrected chi connectivity index (χ1v) is 8.24. The second-order valence-electron chi connectivity index (χ2n) is 7.81. The summed E-state index contributed by atoms with van der Waals surface area (Å²) in [6.07, 6.45) is 0.178. The van der Waals surface area contributed by atoms with Gasteiger partial charge in [0.2, 0.25) is 0 Å². The number of carbonyl (C=O) groups excluding carboxylic acids is 1. The molecule has 1 aromatic rings. The molecule has 4 heteroatoms. The average molecular weight is 321 g/mol. The third kappa shape index (κ3) is 4.04. The molecular weight excluding hydrogens is 293 g/mol. The van der Waals surface area contributed by atoms with Gasteiger partial charge < -0.3 is 9.64 Å². The van der Waals surface area contributed by atoms with Crippen molar-refractivity contribution in [3.05, 3.63) is 34.9 Å². The fraction of sp³-hybridized carbons (Fsp3) is 0.632. The van der Waals surface area contributed by atoms with Crippen LogP contribution in [0.25, 0.3) is 0 Å². The average Bonchev–Trinajstić information content (AvgIpc) is 2.39. The predicted octanol–water partition coefficient (Wildman–Crippen LogP) is 4.76. The van der Waals surface area contributed by atoms with Gasteiger partial charge in [-0.1, -0.05) is 18.2 Å². The summed E-state index contributed by atoms with van der Waals surface area (Å²) in [7, 11) is 0. The summed E-state index contributed by atoms with van der Waals surface area (Å²) in [4.78, 5) is 13.7. The third-order valence-electron chi connectivity index (χ3n) is 4.59. The number of benzene rings is 1. The van der Waals surface area contributed by atoms with E-state index in [0.717, 1.165) is 11.1 Å². The summed E-state index contributed by atoms with van der Waals surface area (Å²) < 4.78 is 20.7. The smallest absolute Gasteiger partial charge is 0.410 e. The Morgan fingerprint density at radius 3 is 2.57 bits per heavy atom. The van der Waals surface area contributed by atoms with Crippen LogP contribution in [-0.4, -0.2) is 35.4 Å². The molecule has 0 radical (unpaired) electrons. The standard InChI is InChI=1S/C19H28FNO2/c1-13-8-7-9-15(14(13)2)16-10-11-21(12-19(16,6)20)17(22)23-18(3,4)5/h7-9,16H,10-12H2,1-6H3. The van der Waals surface area contributed by atoms with E-state index in [9.17, 15) is 4.79 Å². The number of amides is 1. The lowest BCUT2D eigenvalue weighted by Gasteiger charge is -2.42. The van der Waals surface area contributed by atoms with Crippen molar-refractivity contribution in [2.24, 2.45) is 0 Å². The minimum absolute atomic E-state index is 0.0694. The van der Waals surface area contributed by atoms with Crippen molar-refractivity contribution in [1.29, 1.82) is 0 Å². The van der Waals surface area contributed by atoms with Gasteiger partial charge >= 0.3 is 6.09 Å². The van der Waals surface area contributed by atoms with Gasteiger partial charge in [0.05, 0.1) is 6.54 Å². The molecule has 1 amide bonds. The number of alkyl halides is 1. The van der Waals surface area contributed by atoms with Crippen LogP contribution >= 0.6 is 0 Å². The van der Waals surface area contributed by atoms with Gasteiger partial charge in [-0.25, -0.2) is 9.18 Å². The van der Waals surface area contributed by atoms with Crippen LogP contribution in [0.2, 0.25) is 0 Å². The highest BCUT2D eigenvalue weighted by Gasteiger charge is 2.43. The van der Waals surface area contributed by atoms with Crippen LogP contribution in [0.4, 0.5) is 9.18 Å². The number of hydrogen-bond acceptors (Lipinski definition) is 2. The molecule has 1 saturated heterocycles. The Bertz CT molecular complexity index is 590. The summed E-state index contributed by atoms with van der Waals surface area (Å²) in [5.41, 5.74) is 1.35. The first-order valence-electron chi connectivity index (χ1n) is 8.24. The van der Waals surface area contributed by atoms with Crippen molar-refractivity contribution in [3.63, 3.8) is 0 Å². The Hall–Kier alpha value is -1.58. The van der Waals surface area contributed by atoms with E-state index < -0.39 is 17.4 Å². The molecule has 0 aliphatic carbocycles. The summed E-state index contributed by atoms with van der Waals surface area (Å²) in [5.74, 6) is -0.193. The van der Waals surface area contributed by atoms with Crippen LogP contribution in [0.3, 0.4) is 0 Å². The van der Waals surface area contributed by atoms with E-state index in [1.165, 1.54) is 10.5 Å². The molecule has 0 bridgehead atoms. The normalized spacial score (nSPS) is 25.3. The van der Waals surface area contributed by atoms with Gasteiger partial charge in [-0.05, 0) is 64.7 Å². The van der Waals surface area contributed by atoms with Gasteiger partial charge in [0.1, 0.15) is 11.3 Å². The molecular formula is C19H28FNO2. The van der Waals surface area contributed by atoms with Gasteiger partial charge in [-0.3, -0.25) is 0 Å². The Morgan fingerprint density at radius 1 is 1.35 bits per heavy atom. The molecule has 128 valence electrons. The van der Waals surface area contributed by atoms with Crippen molar-refractivity contribution in [1.82, 2.24) is 4.90 Å². The fourth-order valence-corrected chi connectivity index (χ4v) is 3.26. The Balaban J connectivity index is 2.17. The Kier molecular flexibility index (Phi) is 4.74. The second kappa shape index (κ2) is 6.14. The molecule has 23 heavy (non-hydrogen) atoms. The van der Waals surface area contributed by atoms with E-state index in [1.807, 2.05) is 52.8 Å². The van der Waals surface area contributed by atoms with Gasteiger partial charge in [-0.15, -0.1) is 0 Å². The zero-order valence-electron chi connectivity index (χ0n) is 15.1. The minimum atomic E-state index is -1.46. The number of hydrogen-bond donors (Lipinski definition) is 0. The van der Waals surface area contributed by atoms with Crippen LogP contribution in [-0.2, 0) is 4.74 Å². The maximum Gasteiger partial charge on any atom is 0.410 e. The molecule has 0 N–H and O–H groups in total. The van der Waals surface area contributed by atoms with E-state index in [4.69, 9.17) is 4.74 Å². The first kappa shape index (κ1) is 17.8. The zero-order chi connectivity index (χ0) is 17.4. The third-order valence-corrected chi connectivity index (χ3v) is 4.59. The van der Waals surface area contributed by atoms with Crippen LogP contribution in [0.15, 0.2) is 18.2 Å². The van der Waals surface area contributed by atoms with Gasteiger partial charge in [0, 0.05) is 12.5 Å². The highest BCUT2D eigenvalue weighted by atomic mass is 19.1. The lowest BCUT2D eigenvalue weighted by Crippen LogP contribution is -2.51. The molecule has 2 atom stereocenters. The van der Waals surface area contributed by atoms with E-state index in [2.05, 4.69) is 0 Å². The molecule has 1 aliphatic rings. The summed E-state index contributed by atoms with van der Waals surface area (Å²) in [5, 5.41) is 0. The lowest BCUT2D eigenvalue weighted by molar-refractivity contribution is -0.00795. The number of aryl methyl sites for hydroxylation is 1. The Morgan fingerprint density at radius 2 is 2.00 bits per heavy atom. The minimum Gasteiger partial charge on any atom is -0.444 e. The second-order valence-corrected chi connectivity index (χ2v) is 7.81. The van der Waals surface area contributed by atoms with Crippen LogP contribution < -0.4 is 0 Å². The van der Waals surface area contributed by atoms with E-state index in [1.54, 1.807) is 6.92 Å². The number of likely N-dealkylation sites (tertiary alicyclic amines) is 1. The molecule has 0 aromatic heterocycles. The predicted molar refractivity (Wildman–Crippen MR) is 90.6 cm³/mol. The van der Waals surface area contributed by atoms with Crippen LogP contribution in [0.1, 0.15) is 56.7 Å². The molecule has 2 unspecified atom stereocenters. The van der Waals surface area contributed by atoms with Crippen molar-refractivity contribution < 1.29 is 13.9 Å². The van der Waals surface area contributed by atoms with E-state index in [0.29, 0.717) is 13.0 Å². The van der Waals surface area contributed by atoms with Gasteiger partial charge in [-0.2, -0.15) is 0 Å². The molecule has 1 fully saturated rings. The molecule has 2 rings (SSSR count). The number of halogens is 1. The summed E-state index contributed by atoms with van der Waals surface area (Å²) in [6, 6.07) is 6.03. The van der Waals surface area contributed by atoms with Crippen molar-refractivity contribution in [2.75, 3.05) is 13.1 Å². The number of ether oxygens (including phenoxy) is 1. The number of nitrogens with zero attached hydrogens (tertiary/aromatic N) is 1. The molecule has 1 aliphatic heterocycles. The van der Waals surface area contributed by atoms with Crippen molar-refractivity contribution >= 4 is 6.09 Å². The topological polar surface area (TPSA) is 29.5 Å². The monoisotopic (exact) mass is 321 g/mol. The van der Waals surface area contributed by atoms with Crippen LogP contribution in [0, 0.1) is 13.8 Å². The quantitative estimate of drug-likeness (QED) is 0.746. The SMILES string of the molecule is Cc1cccc(C2CCN(C(=O)OC(C)(C)C)CC2(C)F)c1C. The van der Waals surface area contributed by atoms with Crippen LogP contribution in [0.5, 0.6) is 0 Å². The first-order chi connectivity index (χ1) is 10.5. The zero-order valence-corrected chi connectivity index (χ0v) is 15.1. The largest absolute Gasteiger partial charge is 0.444 e. The molecule has 3 nitrogen and oxygen atoms in total. The van der Waals surface area contributed by atoms with Gasteiger partial charge in [0.15, 0.2) is 0 Å². The maximum atomic E-state index is 15.3. The van der Waals surface area contributed by atoms with Crippen molar-refractivity contribution in [3.8, 4) is 0 Å². The summed E-state index contributed by atoms with van der Waals surface area (Å²) >= 11 is 0. The van der Waals surface area contributed by atoms with Gasteiger partial charge in [0.25, 0.3) is 0 Å². The number of piperidine rings is 1. The number of carbonyl (C=O) groups is 1. The molecule has 0 spiro atoms. The summed E-state index contributed by atoms with van der Waals surface area (Å²) in [6.45, 7) is 11.7. The number of rotatable bonds is 1. The fourth-order valence-electron chi connectivity index (χ4n) is 3.26. The lowest BCUT2D eigenvalue weighted by atomic mass is 9.77. The van der Waals surface area contributed by atoms with Crippen molar-refractivity contribution in [2.45, 2.75) is 65.2 Å². The highest BCUT2D eigenvalue weighted by molar-refractivity contribution is 5.68. The van der Waals surface area contributed by atoms with E-state index >= 15 is 4.39 Å². The molecule has 0 saturated carbocycles. The highest BCUT2D eigenvalue weighted by Crippen LogP contribution is 2.40. The van der Waals surface area contributed by atoms with E-state index in [-0.39, 0.29) is 12.5 Å². The Labute approximate surface area is 138 Å². The molecule has 1 aromatic carbocycles. The maximum absolute atomic E-state index is 15.3. The molecule has 1 heterocycles.